The van der Waals surface area contributed by atoms with E-state index in [2.05, 4.69) is 15.0 Å². The first-order valence-corrected chi connectivity index (χ1v) is 7.10. The van der Waals surface area contributed by atoms with E-state index in [0.717, 1.165) is 0 Å². The number of nitrogens with zero attached hydrogens (tertiary/aromatic N) is 5. The van der Waals surface area contributed by atoms with Crippen molar-refractivity contribution in [3.05, 3.63) is 30.2 Å². The van der Waals surface area contributed by atoms with Crippen LogP contribution in [-0.4, -0.2) is 52.1 Å². The third kappa shape index (κ3) is 3.23. The van der Waals surface area contributed by atoms with Gasteiger partial charge in [0.05, 0.1) is 12.5 Å². The molecule has 0 bridgehead atoms. The fraction of sp³-hybridized carbons (Fsp3) is 0.333. The van der Waals surface area contributed by atoms with Crippen molar-refractivity contribution in [2.24, 2.45) is 10.9 Å². The van der Waals surface area contributed by atoms with Crippen LogP contribution in [-0.2, 0) is 9.59 Å². The molecule has 2 amide bonds. The van der Waals surface area contributed by atoms with Gasteiger partial charge in [0.2, 0.25) is 11.6 Å². The second-order valence-corrected chi connectivity index (χ2v) is 5.14. The van der Waals surface area contributed by atoms with E-state index < -0.39 is 5.92 Å². The van der Waals surface area contributed by atoms with E-state index in [-0.39, 0.29) is 29.5 Å². The Kier molecular flexibility index (Phi) is 4.10. The van der Waals surface area contributed by atoms with E-state index >= 15 is 0 Å². The number of rotatable bonds is 3. The number of ether oxygens (including phenoxy) is 1. The highest BCUT2D eigenvalue weighted by Gasteiger charge is 2.31. The molecule has 2 aliphatic rings. The normalized spacial score (nSPS) is 22.9. The Bertz CT molecular complexity index is 721. The fourth-order valence-electron chi connectivity index (χ4n) is 2.46. The summed E-state index contributed by atoms with van der Waals surface area (Å²) >= 11 is 0. The average Bonchev–Trinajstić information content (AvgIpc) is 3.04. The van der Waals surface area contributed by atoms with Crippen LogP contribution in [0.25, 0.3) is 0 Å². The minimum Gasteiger partial charge on any atom is -0.470 e. The second-order valence-electron chi connectivity index (χ2n) is 5.14. The van der Waals surface area contributed by atoms with Crippen molar-refractivity contribution in [1.29, 1.82) is 5.26 Å². The van der Waals surface area contributed by atoms with Gasteiger partial charge in [-0.1, -0.05) is 6.08 Å². The Balaban J connectivity index is 1.62. The van der Waals surface area contributed by atoms with Crippen LogP contribution in [0.15, 0.2) is 29.5 Å². The lowest BCUT2D eigenvalue weighted by Crippen LogP contribution is -2.36. The highest BCUT2D eigenvalue weighted by atomic mass is 16.5. The molecule has 0 aromatic carbocycles. The first-order chi connectivity index (χ1) is 11.2. The molecule has 0 saturated carbocycles. The van der Waals surface area contributed by atoms with E-state index in [4.69, 9.17) is 10.00 Å². The van der Waals surface area contributed by atoms with Crippen LogP contribution in [0.1, 0.15) is 12.1 Å². The number of aliphatic imine (C=N–C) groups is 1. The van der Waals surface area contributed by atoms with E-state index in [1.165, 1.54) is 24.7 Å². The molecule has 3 heterocycles. The zero-order valence-electron chi connectivity index (χ0n) is 12.1. The fourth-order valence-corrected chi connectivity index (χ4v) is 2.46. The van der Waals surface area contributed by atoms with Crippen LogP contribution in [0.5, 0.6) is 5.88 Å². The zero-order chi connectivity index (χ0) is 16.2. The maximum absolute atomic E-state index is 12.4. The van der Waals surface area contributed by atoms with Crippen molar-refractivity contribution in [3.63, 3.8) is 0 Å². The summed E-state index contributed by atoms with van der Waals surface area (Å²) < 4.78 is 5.69. The summed E-state index contributed by atoms with van der Waals surface area (Å²) in [6, 6.07) is 1.92. The minimum atomic E-state index is -0.516. The van der Waals surface area contributed by atoms with Crippen LogP contribution in [0.3, 0.4) is 0 Å². The maximum Gasteiger partial charge on any atom is 0.269 e. The quantitative estimate of drug-likeness (QED) is 0.784. The summed E-state index contributed by atoms with van der Waals surface area (Å²) in [4.78, 5) is 36.5. The zero-order valence-corrected chi connectivity index (χ0v) is 12.1. The molecule has 0 spiro atoms. The molecule has 0 aliphatic carbocycles. The van der Waals surface area contributed by atoms with Gasteiger partial charge in [0, 0.05) is 37.6 Å². The molecular weight excluding hydrogens is 298 g/mol. The van der Waals surface area contributed by atoms with Crippen molar-refractivity contribution in [1.82, 2.24) is 14.9 Å². The van der Waals surface area contributed by atoms with Gasteiger partial charge >= 0.3 is 0 Å². The third-order valence-corrected chi connectivity index (χ3v) is 3.60. The molecule has 1 saturated heterocycles. The van der Waals surface area contributed by atoms with Crippen LogP contribution in [0, 0.1) is 17.2 Å². The molecule has 1 aromatic heterocycles. The number of carbonyl (C=O) groups is 2. The Morgan fingerprint density at radius 2 is 2.22 bits per heavy atom. The monoisotopic (exact) mass is 311 g/mol. The van der Waals surface area contributed by atoms with E-state index in [9.17, 15) is 9.59 Å². The van der Waals surface area contributed by atoms with Gasteiger partial charge in [-0.25, -0.2) is 15.0 Å². The van der Waals surface area contributed by atoms with E-state index in [1.54, 1.807) is 11.0 Å². The van der Waals surface area contributed by atoms with Gasteiger partial charge in [0.15, 0.2) is 0 Å². The van der Waals surface area contributed by atoms with Crippen LogP contribution in [0.2, 0.25) is 0 Å². The van der Waals surface area contributed by atoms with Gasteiger partial charge in [-0.15, -0.1) is 0 Å². The van der Waals surface area contributed by atoms with E-state index in [1.807, 2.05) is 6.07 Å². The number of dihydropyridines is 1. The highest BCUT2D eigenvalue weighted by molar-refractivity contribution is 6.05. The summed E-state index contributed by atoms with van der Waals surface area (Å²) in [6.45, 7) is 0.935. The molecule has 2 aliphatic heterocycles. The van der Waals surface area contributed by atoms with E-state index in [0.29, 0.717) is 19.5 Å². The number of amides is 2. The molecular formula is C15H13N5O3. The highest BCUT2D eigenvalue weighted by Crippen LogP contribution is 2.20. The molecule has 3 rings (SSSR count). The lowest BCUT2D eigenvalue weighted by molar-refractivity contribution is -0.131. The Hall–Kier alpha value is -3.08. The van der Waals surface area contributed by atoms with Gasteiger partial charge in [0.25, 0.3) is 11.8 Å². The van der Waals surface area contributed by atoms with Gasteiger partial charge < -0.3 is 9.64 Å². The van der Waals surface area contributed by atoms with Crippen LogP contribution in [0.4, 0.5) is 0 Å². The third-order valence-electron chi connectivity index (χ3n) is 3.60. The number of nitriles is 1. The topological polar surface area (TPSA) is 109 Å². The first-order valence-electron chi connectivity index (χ1n) is 7.10. The number of hydrogen-bond donors (Lipinski definition) is 0. The summed E-state index contributed by atoms with van der Waals surface area (Å²) in [5.74, 6) is -0.816. The number of likely N-dealkylation sites (tertiary alicyclic amines) is 1. The van der Waals surface area contributed by atoms with Crippen molar-refractivity contribution in [2.75, 3.05) is 13.1 Å². The molecule has 0 radical (unpaired) electrons. The Morgan fingerprint density at radius 3 is 2.96 bits per heavy atom. The molecule has 23 heavy (non-hydrogen) atoms. The molecule has 1 aromatic rings. The summed E-state index contributed by atoms with van der Waals surface area (Å²) in [5, 5.41) is 8.98. The van der Waals surface area contributed by atoms with Gasteiger partial charge in [0.1, 0.15) is 12.2 Å². The standard InChI is InChI=1S/C15H13N5O3/c16-7-12-14(18-5-4-17-12)23-11-3-6-20(9-11)15(22)10-1-2-13(21)19-8-10/h1-2,4-5,8,10-11H,3,6,9H2. The molecule has 8 nitrogen and oxygen atoms in total. The number of aromatic nitrogens is 2. The predicted molar refractivity (Wildman–Crippen MR) is 78.5 cm³/mol. The Labute approximate surface area is 132 Å². The molecule has 1 fully saturated rings. The van der Waals surface area contributed by atoms with Crippen molar-refractivity contribution in [3.8, 4) is 11.9 Å². The number of hydrogen-bond acceptors (Lipinski definition) is 6. The smallest absolute Gasteiger partial charge is 0.269 e. The SMILES string of the molecule is N#Cc1nccnc1OC1CCN(C(=O)C2C=CC(=O)N=C2)C1. The lowest BCUT2D eigenvalue weighted by atomic mass is 10.1. The van der Waals surface area contributed by atoms with Gasteiger partial charge in [-0.05, 0) is 0 Å². The van der Waals surface area contributed by atoms with Crippen LogP contribution < -0.4 is 4.74 Å². The largest absolute Gasteiger partial charge is 0.470 e. The summed E-state index contributed by atoms with van der Waals surface area (Å²) in [7, 11) is 0. The molecule has 2 unspecified atom stereocenters. The second kappa shape index (κ2) is 6.36. The predicted octanol–water partition coefficient (Wildman–Crippen LogP) is 0.111. The van der Waals surface area contributed by atoms with Crippen molar-refractivity contribution in [2.45, 2.75) is 12.5 Å². The molecule has 2 atom stereocenters. The number of carbonyl (C=O) groups excluding carboxylic acids is 2. The molecule has 8 heteroatoms. The van der Waals surface area contributed by atoms with Crippen LogP contribution >= 0.6 is 0 Å². The van der Waals surface area contributed by atoms with Gasteiger partial charge in [-0.3, -0.25) is 9.59 Å². The average molecular weight is 311 g/mol. The minimum absolute atomic E-state index is 0.122. The molecule has 0 N–H and O–H groups in total. The van der Waals surface area contributed by atoms with Crippen molar-refractivity contribution >= 4 is 18.0 Å². The summed E-state index contributed by atoms with van der Waals surface area (Å²) in [6.07, 6.45) is 7.47. The molecule has 116 valence electrons. The van der Waals surface area contributed by atoms with Crippen molar-refractivity contribution < 1.29 is 14.3 Å². The Morgan fingerprint density at radius 1 is 1.39 bits per heavy atom. The van der Waals surface area contributed by atoms with Gasteiger partial charge in [-0.2, -0.15) is 5.26 Å². The lowest BCUT2D eigenvalue weighted by Gasteiger charge is -2.20. The first kappa shape index (κ1) is 14.8. The summed E-state index contributed by atoms with van der Waals surface area (Å²) in [5.41, 5.74) is 0.123. The maximum atomic E-state index is 12.4.